The lowest BCUT2D eigenvalue weighted by Crippen LogP contribution is -2.50. The second-order valence-corrected chi connectivity index (χ2v) is 10.2. The first kappa shape index (κ1) is 25.8. The van der Waals surface area contributed by atoms with Gasteiger partial charge in [-0.2, -0.15) is 0 Å². The van der Waals surface area contributed by atoms with Gasteiger partial charge in [-0.25, -0.2) is 0 Å². The van der Waals surface area contributed by atoms with Crippen molar-refractivity contribution in [3.05, 3.63) is 113 Å². The molecule has 4 aromatic rings. The Labute approximate surface area is 237 Å². The highest BCUT2D eigenvalue weighted by atomic mass is 35.5. The van der Waals surface area contributed by atoms with Crippen molar-refractivity contribution in [3.63, 3.8) is 0 Å². The van der Waals surface area contributed by atoms with Crippen molar-refractivity contribution >= 4 is 34.8 Å². The summed E-state index contributed by atoms with van der Waals surface area (Å²) in [6.07, 6.45) is 0. The number of nitrogens with zero attached hydrogens (tertiary/aromatic N) is 2. The molecule has 202 valence electrons. The van der Waals surface area contributed by atoms with Crippen LogP contribution in [0.3, 0.4) is 0 Å². The molecule has 0 saturated carbocycles. The van der Waals surface area contributed by atoms with Crippen LogP contribution in [0.5, 0.6) is 17.2 Å². The van der Waals surface area contributed by atoms with E-state index in [9.17, 15) is 9.59 Å². The topological polar surface area (TPSA) is 71.1 Å². The van der Waals surface area contributed by atoms with E-state index in [1.165, 1.54) is 0 Å². The molecule has 1 saturated heterocycles. The highest BCUT2D eigenvalue weighted by molar-refractivity contribution is 6.30. The van der Waals surface area contributed by atoms with E-state index in [0.29, 0.717) is 29.5 Å². The van der Waals surface area contributed by atoms with Gasteiger partial charge in [-0.15, -0.1) is 0 Å². The number of hydrogen-bond donors (Lipinski definition) is 1. The summed E-state index contributed by atoms with van der Waals surface area (Å²) in [5.41, 5.74) is 3.55. The summed E-state index contributed by atoms with van der Waals surface area (Å²) in [6, 6.07) is 30.2. The third-order valence-electron chi connectivity index (χ3n) is 7.22. The van der Waals surface area contributed by atoms with Crippen molar-refractivity contribution in [2.75, 3.05) is 43.0 Å². The van der Waals surface area contributed by atoms with E-state index in [1.54, 1.807) is 24.3 Å². The minimum atomic E-state index is -0.376. The number of piperazine rings is 1. The molecule has 7 nitrogen and oxygen atoms in total. The lowest BCUT2D eigenvalue weighted by atomic mass is 9.86. The number of carbonyl (C=O) groups is 2. The number of benzene rings is 4. The monoisotopic (exact) mass is 553 g/mol. The number of halogens is 1. The number of ether oxygens (including phenoxy) is 2. The van der Waals surface area contributed by atoms with Crippen molar-refractivity contribution in [2.24, 2.45) is 0 Å². The Morgan fingerprint density at radius 3 is 2.02 bits per heavy atom. The maximum atomic E-state index is 13.8. The predicted octanol–water partition coefficient (Wildman–Crippen LogP) is 5.94. The van der Waals surface area contributed by atoms with Crippen LogP contribution < -0.4 is 19.7 Å². The first-order valence-corrected chi connectivity index (χ1v) is 13.6. The molecule has 4 aromatic carbocycles. The minimum Gasteiger partial charge on any atom is -0.484 e. The summed E-state index contributed by atoms with van der Waals surface area (Å²) in [7, 11) is 0. The quantitative estimate of drug-likeness (QED) is 0.320. The number of para-hydroxylation sites is 2. The molecule has 8 heteroatoms. The highest BCUT2D eigenvalue weighted by Gasteiger charge is 2.36. The molecule has 1 N–H and O–H groups in total. The van der Waals surface area contributed by atoms with Gasteiger partial charge in [0.2, 0.25) is 5.91 Å². The predicted molar refractivity (Wildman–Crippen MR) is 156 cm³/mol. The van der Waals surface area contributed by atoms with E-state index in [0.717, 1.165) is 41.4 Å². The lowest BCUT2D eigenvalue weighted by molar-refractivity contribution is -0.132. The number of carbonyl (C=O) groups excluding carboxylic acids is 2. The summed E-state index contributed by atoms with van der Waals surface area (Å²) >= 11 is 5.88. The van der Waals surface area contributed by atoms with Crippen molar-refractivity contribution in [1.82, 2.24) is 4.90 Å². The smallest absolute Gasteiger partial charge is 0.262 e. The largest absolute Gasteiger partial charge is 0.484 e. The lowest BCUT2D eigenvalue weighted by Gasteiger charge is -2.38. The molecule has 0 unspecified atom stereocenters. The molecule has 6 rings (SSSR count). The Bertz CT molecular complexity index is 1470. The van der Waals surface area contributed by atoms with E-state index in [-0.39, 0.29) is 24.3 Å². The maximum Gasteiger partial charge on any atom is 0.262 e. The molecule has 0 radical (unpaired) electrons. The third kappa shape index (κ3) is 5.46. The van der Waals surface area contributed by atoms with E-state index >= 15 is 0 Å². The third-order valence-corrected chi connectivity index (χ3v) is 7.47. The molecule has 2 aliphatic heterocycles. The molecular weight excluding hydrogens is 526 g/mol. The number of hydrogen-bond acceptors (Lipinski definition) is 5. The Hall–Kier alpha value is -4.49. The zero-order chi connectivity index (χ0) is 27.5. The molecule has 0 aromatic heterocycles. The molecule has 0 bridgehead atoms. The van der Waals surface area contributed by atoms with Gasteiger partial charge >= 0.3 is 0 Å². The number of anilines is 2. The zero-order valence-electron chi connectivity index (χ0n) is 21.8. The van der Waals surface area contributed by atoms with Gasteiger partial charge in [-0.1, -0.05) is 48.0 Å². The van der Waals surface area contributed by atoms with E-state index in [1.807, 2.05) is 77.7 Å². The summed E-state index contributed by atoms with van der Waals surface area (Å²) in [4.78, 5) is 30.3. The molecule has 0 aliphatic carbocycles. The van der Waals surface area contributed by atoms with Gasteiger partial charge in [0.25, 0.3) is 5.91 Å². The van der Waals surface area contributed by atoms with Crippen LogP contribution in [0.25, 0.3) is 0 Å². The second kappa shape index (κ2) is 11.3. The summed E-state index contributed by atoms with van der Waals surface area (Å²) in [5, 5.41) is 3.47. The number of amides is 2. The SMILES string of the molecule is O=C(COc1ccc(Cl)cc1)Nc1ccc(N2CCN(C(=O)C3c4ccccc4Oc4ccccc43)CC2)cc1. The minimum absolute atomic E-state index is 0.0958. The normalized spacial score (nSPS) is 14.5. The van der Waals surface area contributed by atoms with E-state index < -0.39 is 0 Å². The standard InChI is InChI=1S/C32H28ClN3O4/c33-22-9-15-25(16-10-22)39-21-30(37)34-23-11-13-24(14-12-23)35-17-19-36(20-18-35)32(38)31-26-5-1-3-7-28(26)40-29-8-4-2-6-27(29)31/h1-16,31H,17-21H2,(H,34,37). The molecule has 2 aliphatic rings. The fraction of sp³-hybridized carbons (Fsp3) is 0.188. The second-order valence-electron chi connectivity index (χ2n) is 9.76. The van der Waals surface area contributed by atoms with Crippen LogP contribution in [0.4, 0.5) is 11.4 Å². The summed E-state index contributed by atoms with van der Waals surface area (Å²) < 4.78 is 11.6. The van der Waals surface area contributed by atoms with E-state index in [4.69, 9.17) is 21.1 Å². The van der Waals surface area contributed by atoms with Gasteiger partial charge < -0.3 is 24.6 Å². The van der Waals surface area contributed by atoms with Crippen LogP contribution in [0.15, 0.2) is 97.1 Å². The Morgan fingerprint density at radius 1 is 0.800 bits per heavy atom. The van der Waals surface area contributed by atoms with Crippen LogP contribution in [0.2, 0.25) is 5.02 Å². The van der Waals surface area contributed by atoms with Crippen LogP contribution in [-0.4, -0.2) is 49.5 Å². The van der Waals surface area contributed by atoms with Crippen LogP contribution in [-0.2, 0) is 9.59 Å². The van der Waals surface area contributed by atoms with Gasteiger partial charge in [0.15, 0.2) is 6.61 Å². The van der Waals surface area contributed by atoms with Crippen LogP contribution >= 0.6 is 11.6 Å². The first-order valence-electron chi connectivity index (χ1n) is 13.2. The van der Waals surface area contributed by atoms with Crippen molar-refractivity contribution in [3.8, 4) is 17.2 Å². The van der Waals surface area contributed by atoms with Gasteiger partial charge in [0.05, 0.1) is 5.92 Å². The van der Waals surface area contributed by atoms with Gasteiger partial charge in [-0.05, 0) is 60.7 Å². The fourth-order valence-corrected chi connectivity index (χ4v) is 5.30. The molecule has 1 fully saturated rings. The van der Waals surface area contributed by atoms with Gasteiger partial charge in [-0.3, -0.25) is 9.59 Å². The van der Waals surface area contributed by atoms with Crippen molar-refractivity contribution in [2.45, 2.75) is 5.92 Å². The fourth-order valence-electron chi connectivity index (χ4n) is 5.18. The Morgan fingerprint density at radius 2 is 1.40 bits per heavy atom. The molecular formula is C32H28ClN3O4. The average Bonchev–Trinajstić information content (AvgIpc) is 3.00. The average molecular weight is 554 g/mol. The zero-order valence-corrected chi connectivity index (χ0v) is 22.5. The first-order chi connectivity index (χ1) is 19.5. The molecule has 2 amide bonds. The number of fused-ring (bicyclic) bond motifs is 2. The Balaban J connectivity index is 1.05. The highest BCUT2D eigenvalue weighted by Crippen LogP contribution is 2.44. The molecule has 2 heterocycles. The molecule has 0 spiro atoms. The Kier molecular flexibility index (Phi) is 7.29. The number of rotatable bonds is 6. The van der Waals surface area contributed by atoms with Crippen LogP contribution in [0.1, 0.15) is 17.0 Å². The van der Waals surface area contributed by atoms with Gasteiger partial charge in [0.1, 0.15) is 17.2 Å². The maximum absolute atomic E-state index is 13.8. The van der Waals surface area contributed by atoms with Crippen molar-refractivity contribution in [1.29, 1.82) is 0 Å². The molecule has 0 atom stereocenters. The van der Waals surface area contributed by atoms with E-state index in [2.05, 4.69) is 10.2 Å². The molecule has 40 heavy (non-hydrogen) atoms. The summed E-state index contributed by atoms with van der Waals surface area (Å²) in [6.45, 7) is 2.60. The number of nitrogens with one attached hydrogen (secondary N) is 1. The van der Waals surface area contributed by atoms with Crippen molar-refractivity contribution < 1.29 is 19.1 Å². The van der Waals surface area contributed by atoms with Crippen LogP contribution in [0, 0.1) is 0 Å². The summed E-state index contributed by atoms with van der Waals surface area (Å²) in [5.74, 6) is 1.54. The van der Waals surface area contributed by atoms with Gasteiger partial charge in [0, 0.05) is 53.7 Å².